The van der Waals surface area contributed by atoms with Gasteiger partial charge in [0.05, 0.1) is 4.88 Å². The second-order valence-corrected chi connectivity index (χ2v) is 5.11. The second kappa shape index (κ2) is 3.87. The summed E-state index contributed by atoms with van der Waals surface area (Å²) in [7, 11) is 0. The minimum absolute atomic E-state index is 0.100. The van der Waals surface area contributed by atoms with Crippen LogP contribution < -0.4 is 5.43 Å². The molecule has 2 aliphatic carbocycles. The number of hydrogen-bond donors (Lipinski definition) is 1. The number of rotatable bonds is 2. The maximum atomic E-state index is 11.6. The van der Waals surface area contributed by atoms with E-state index in [2.05, 4.69) is 22.7 Å². The number of thiophene rings is 1. The van der Waals surface area contributed by atoms with Gasteiger partial charge >= 0.3 is 0 Å². The smallest absolute Gasteiger partial charge is 0.266 e. The molecule has 3 rings (SSSR count). The van der Waals surface area contributed by atoms with Crippen molar-refractivity contribution in [2.75, 3.05) is 0 Å². The zero-order valence-electron chi connectivity index (χ0n) is 8.72. The van der Waals surface area contributed by atoms with Crippen molar-refractivity contribution < 1.29 is 4.79 Å². The minimum atomic E-state index is -0.100. The molecule has 1 aromatic heterocycles. The van der Waals surface area contributed by atoms with E-state index in [1.807, 2.05) is 11.4 Å². The maximum Gasteiger partial charge on any atom is 0.281 e. The Morgan fingerprint density at radius 3 is 3.25 bits per heavy atom. The van der Waals surface area contributed by atoms with Crippen LogP contribution in [-0.4, -0.2) is 11.6 Å². The Morgan fingerprint density at radius 1 is 1.56 bits per heavy atom. The largest absolute Gasteiger partial charge is 0.281 e. The fourth-order valence-electron chi connectivity index (χ4n) is 2.25. The van der Waals surface area contributed by atoms with Crippen LogP contribution in [0.2, 0.25) is 0 Å². The van der Waals surface area contributed by atoms with Crippen molar-refractivity contribution in [3.63, 3.8) is 0 Å². The molecule has 16 heavy (non-hydrogen) atoms. The first-order valence-corrected chi connectivity index (χ1v) is 6.29. The molecule has 0 saturated heterocycles. The Bertz CT molecular complexity index is 461. The number of hydrogen-bond acceptors (Lipinski definition) is 3. The highest BCUT2D eigenvalue weighted by molar-refractivity contribution is 7.12. The fourth-order valence-corrected chi connectivity index (χ4v) is 2.86. The SMILES string of the molecule is O=C(NN=C1C[C@@H]2C=CC[C@@H]12)c1cccs1. The number of hydrazone groups is 1. The van der Waals surface area contributed by atoms with Crippen molar-refractivity contribution in [1.29, 1.82) is 0 Å². The third-order valence-corrected chi connectivity index (χ3v) is 4.08. The van der Waals surface area contributed by atoms with Crippen LogP contribution in [0.4, 0.5) is 0 Å². The first-order chi connectivity index (χ1) is 7.84. The monoisotopic (exact) mass is 232 g/mol. The predicted molar refractivity (Wildman–Crippen MR) is 64.6 cm³/mol. The summed E-state index contributed by atoms with van der Waals surface area (Å²) in [5.41, 5.74) is 3.77. The molecule has 0 unspecified atom stereocenters. The van der Waals surface area contributed by atoms with Gasteiger partial charge in [-0.3, -0.25) is 4.79 Å². The molecule has 1 N–H and O–H groups in total. The Balaban J connectivity index is 1.61. The van der Waals surface area contributed by atoms with E-state index in [4.69, 9.17) is 0 Å². The minimum Gasteiger partial charge on any atom is -0.266 e. The molecular weight excluding hydrogens is 220 g/mol. The normalized spacial score (nSPS) is 28.9. The summed E-state index contributed by atoms with van der Waals surface area (Å²) in [6.45, 7) is 0. The number of carbonyl (C=O) groups is 1. The van der Waals surface area contributed by atoms with Crippen LogP contribution >= 0.6 is 11.3 Å². The summed E-state index contributed by atoms with van der Waals surface area (Å²) in [5.74, 6) is 1.14. The highest BCUT2D eigenvalue weighted by Crippen LogP contribution is 2.40. The zero-order chi connectivity index (χ0) is 11.0. The lowest BCUT2D eigenvalue weighted by molar-refractivity contribution is 0.0958. The third-order valence-electron chi connectivity index (χ3n) is 3.21. The zero-order valence-corrected chi connectivity index (χ0v) is 9.54. The topological polar surface area (TPSA) is 41.5 Å². The van der Waals surface area contributed by atoms with Gasteiger partial charge in [0.2, 0.25) is 0 Å². The van der Waals surface area contributed by atoms with E-state index in [1.165, 1.54) is 11.3 Å². The van der Waals surface area contributed by atoms with Gasteiger partial charge in [0, 0.05) is 11.6 Å². The lowest BCUT2D eigenvalue weighted by Crippen LogP contribution is -2.35. The quantitative estimate of drug-likeness (QED) is 0.617. The molecule has 0 aromatic carbocycles. The summed E-state index contributed by atoms with van der Waals surface area (Å²) < 4.78 is 0. The van der Waals surface area contributed by atoms with Crippen LogP contribution in [-0.2, 0) is 0 Å². The molecule has 1 amide bonds. The predicted octanol–water partition coefficient (Wildman–Crippen LogP) is 2.43. The fraction of sp³-hybridized carbons (Fsp3) is 0.333. The van der Waals surface area contributed by atoms with Crippen molar-refractivity contribution in [3.8, 4) is 0 Å². The van der Waals surface area contributed by atoms with Gasteiger partial charge in [0.15, 0.2) is 0 Å². The first kappa shape index (κ1) is 9.78. The molecule has 82 valence electrons. The van der Waals surface area contributed by atoms with E-state index >= 15 is 0 Å². The van der Waals surface area contributed by atoms with Crippen molar-refractivity contribution in [2.45, 2.75) is 12.8 Å². The van der Waals surface area contributed by atoms with Gasteiger partial charge in [0.1, 0.15) is 0 Å². The van der Waals surface area contributed by atoms with Crippen molar-refractivity contribution >= 4 is 23.0 Å². The van der Waals surface area contributed by atoms with Gasteiger partial charge in [0.25, 0.3) is 5.91 Å². The average Bonchev–Trinajstić information content (AvgIpc) is 2.88. The van der Waals surface area contributed by atoms with Crippen LogP contribution in [0.1, 0.15) is 22.5 Å². The summed E-state index contributed by atoms with van der Waals surface area (Å²) in [4.78, 5) is 12.3. The molecule has 0 radical (unpaired) electrons. The number of nitrogens with one attached hydrogen (secondary N) is 1. The summed E-state index contributed by atoms with van der Waals surface area (Å²) in [6, 6.07) is 3.67. The van der Waals surface area contributed by atoms with Crippen LogP contribution in [0.25, 0.3) is 0 Å². The third kappa shape index (κ3) is 1.59. The van der Waals surface area contributed by atoms with E-state index in [-0.39, 0.29) is 5.91 Å². The average molecular weight is 232 g/mol. The summed E-state index contributed by atoms with van der Waals surface area (Å²) in [5, 5.41) is 6.10. The Labute approximate surface area is 97.9 Å². The molecule has 2 aliphatic rings. The molecule has 0 aliphatic heterocycles. The molecule has 1 aromatic rings. The number of allylic oxidation sites excluding steroid dienone is 2. The van der Waals surface area contributed by atoms with Gasteiger partial charge in [-0.1, -0.05) is 18.2 Å². The summed E-state index contributed by atoms with van der Waals surface area (Å²) >= 11 is 1.43. The number of amides is 1. The summed E-state index contributed by atoms with van der Waals surface area (Å²) in [6.07, 6.45) is 6.55. The molecule has 4 heteroatoms. The molecular formula is C12H12N2OS. The van der Waals surface area contributed by atoms with E-state index in [0.717, 1.165) is 18.6 Å². The van der Waals surface area contributed by atoms with E-state index in [0.29, 0.717) is 16.7 Å². The molecule has 3 nitrogen and oxygen atoms in total. The number of carbonyl (C=O) groups excluding carboxylic acids is 1. The molecule has 0 spiro atoms. The van der Waals surface area contributed by atoms with Crippen molar-refractivity contribution in [3.05, 3.63) is 34.5 Å². The van der Waals surface area contributed by atoms with E-state index < -0.39 is 0 Å². The Morgan fingerprint density at radius 2 is 2.50 bits per heavy atom. The number of nitrogens with zero attached hydrogens (tertiary/aromatic N) is 1. The Kier molecular flexibility index (Phi) is 2.36. The lowest BCUT2D eigenvalue weighted by Gasteiger charge is -2.31. The molecule has 1 saturated carbocycles. The highest BCUT2D eigenvalue weighted by Gasteiger charge is 2.37. The standard InChI is InChI=1S/C12H12N2OS/c15-12(11-5-2-6-16-11)14-13-10-7-8-3-1-4-9(8)10/h1-3,5-6,8-9H,4,7H2,(H,14,15)/t8-,9+/m0/s1. The molecule has 1 heterocycles. The van der Waals surface area contributed by atoms with E-state index in [1.54, 1.807) is 6.07 Å². The van der Waals surface area contributed by atoms with Crippen LogP contribution in [0.15, 0.2) is 34.8 Å². The van der Waals surface area contributed by atoms with Crippen molar-refractivity contribution in [1.82, 2.24) is 5.43 Å². The van der Waals surface area contributed by atoms with Crippen LogP contribution in [0.5, 0.6) is 0 Å². The van der Waals surface area contributed by atoms with Crippen molar-refractivity contribution in [2.24, 2.45) is 16.9 Å². The molecule has 1 fully saturated rings. The van der Waals surface area contributed by atoms with Gasteiger partial charge < -0.3 is 0 Å². The lowest BCUT2D eigenvalue weighted by atomic mass is 9.74. The first-order valence-electron chi connectivity index (χ1n) is 5.41. The molecule has 2 atom stereocenters. The number of fused-ring (bicyclic) bond motifs is 1. The van der Waals surface area contributed by atoms with Gasteiger partial charge in [-0.25, -0.2) is 5.43 Å². The second-order valence-electron chi connectivity index (χ2n) is 4.16. The van der Waals surface area contributed by atoms with Crippen LogP contribution in [0, 0.1) is 11.8 Å². The van der Waals surface area contributed by atoms with Crippen LogP contribution in [0.3, 0.4) is 0 Å². The maximum absolute atomic E-state index is 11.6. The molecule has 0 bridgehead atoms. The van der Waals surface area contributed by atoms with Gasteiger partial charge in [-0.15, -0.1) is 11.3 Å². The highest BCUT2D eigenvalue weighted by atomic mass is 32.1. The van der Waals surface area contributed by atoms with Gasteiger partial charge in [-0.2, -0.15) is 5.10 Å². The van der Waals surface area contributed by atoms with E-state index in [9.17, 15) is 4.79 Å². The Hall–Kier alpha value is -1.42. The van der Waals surface area contributed by atoms with Gasteiger partial charge in [-0.05, 0) is 30.2 Å².